The number of aromatic nitrogens is 1. The minimum absolute atomic E-state index is 0.260. The summed E-state index contributed by atoms with van der Waals surface area (Å²) in [5, 5.41) is 0.828. The Bertz CT molecular complexity index is 1010. The largest absolute Gasteiger partial charge is 0.497 e. The van der Waals surface area contributed by atoms with Gasteiger partial charge in [0.05, 0.1) is 20.8 Å². The number of fused-ring (bicyclic) bond motifs is 1. The van der Waals surface area contributed by atoms with Gasteiger partial charge in [0.1, 0.15) is 17.2 Å². The summed E-state index contributed by atoms with van der Waals surface area (Å²) >= 11 is 0. The van der Waals surface area contributed by atoms with Gasteiger partial charge in [-0.3, -0.25) is 0 Å². The molecule has 0 aliphatic carbocycles. The van der Waals surface area contributed by atoms with Gasteiger partial charge in [0, 0.05) is 28.1 Å². The number of ether oxygens (including phenoxy) is 4. The summed E-state index contributed by atoms with van der Waals surface area (Å²) < 4.78 is 20.8. The second-order valence-electron chi connectivity index (χ2n) is 5.87. The number of nitrogens with one attached hydrogen (secondary N) is 1. The number of hydrogen-bond donors (Lipinski definition) is 1. The van der Waals surface area contributed by atoms with Crippen LogP contribution in [0.5, 0.6) is 11.5 Å². The molecule has 0 aliphatic rings. The van der Waals surface area contributed by atoms with Crippen molar-refractivity contribution < 1.29 is 28.5 Å². The maximum absolute atomic E-state index is 12.4. The highest BCUT2D eigenvalue weighted by molar-refractivity contribution is 6.08. The molecule has 0 fully saturated rings. The summed E-state index contributed by atoms with van der Waals surface area (Å²) in [7, 11) is 2.86. The molecule has 0 amide bonds. The Balaban J connectivity index is 2.15. The van der Waals surface area contributed by atoms with Gasteiger partial charge in [-0.1, -0.05) is 18.2 Å². The van der Waals surface area contributed by atoms with E-state index in [-0.39, 0.29) is 13.2 Å². The highest BCUT2D eigenvalue weighted by atomic mass is 16.6. The Hall–Kier alpha value is -3.48. The number of esters is 2. The van der Waals surface area contributed by atoms with E-state index in [1.807, 2.05) is 24.3 Å². The molecule has 0 aliphatic heterocycles. The summed E-state index contributed by atoms with van der Waals surface area (Å²) in [4.78, 5) is 27.2. The van der Waals surface area contributed by atoms with Gasteiger partial charge in [0.2, 0.25) is 0 Å². The number of methoxy groups -OCH3 is 2. The molecule has 28 heavy (non-hydrogen) atoms. The van der Waals surface area contributed by atoms with Gasteiger partial charge in [-0.25, -0.2) is 9.59 Å². The van der Waals surface area contributed by atoms with Crippen LogP contribution in [0, 0.1) is 0 Å². The zero-order chi connectivity index (χ0) is 20.1. The van der Waals surface area contributed by atoms with E-state index >= 15 is 0 Å². The lowest BCUT2D eigenvalue weighted by molar-refractivity contribution is -0.145. The van der Waals surface area contributed by atoms with E-state index in [2.05, 4.69) is 4.98 Å². The fourth-order valence-corrected chi connectivity index (χ4v) is 2.97. The maximum atomic E-state index is 12.4. The third kappa shape index (κ3) is 3.78. The van der Waals surface area contributed by atoms with Crippen molar-refractivity contribution in [2.75, 3.05) is 27.4 Å². The first-order chi connectivity index (χ1) is 13.6. The molecule has 0 unspecified atom stereocenters. The van der Waals surface area contributed by atoms with E-state index in [4.69, 9.17) is 18.9 Å². The van der Waals surface area contributed by atoms with Crippen LogP contribution < -0.4 is 9.47 Å². The number of H-pyrrole nitrogens is 1. The average molecular weight is 383 g/mol. The smallest absolute Gasteiger partial charge is 0.355 e. The van der Waals surface area contributed by atoms with E-state index in [0.29, 0.717) is 28.3 Å². The minimum atomic E-state index is -0.502. The molecule has 7 nitrogen and oxygen atoms in total. The van der Waals surface area contributed by atoms with Crippen molar-refractivity contribution in [3.63, 3.8) is 0 Å². The molecule has 7 heteroatoms. The topological polar surface area (TPSA) is 86.8 Å². The van der Waals surface area contributed by atoms with Gasteiger partial charge in [0.15, 0.2) is 6.61 Å². The molecule has 1 aromatic heterocycles. The van der Waals surface area contributed by atoms with Crippen molar-refractivity contribution in [1.82, 2.24) is 4.98 Å². The molecule has 2 aromatic carbocycles. The summed E-state index contributed by atoms with van der Waals surface area (Å²) in [5.41, 5.74) is 2.34. The highest BCUT2D eigenvalue weighted by Crippen LogP contribution is 2.40. The van der Waals surface area contributed by atoms with E-state index in [1.165, 1.54) is 14.2 Å². The van der Waals surface area contributed by atoms with Gasteiger partial charge in [-0.2, -0.15) is 0 Å². The first kappa shape index (κ1) is 19.3. The maximum Gasteiger partial charge on any atom is 0.355 e. The molecule has 3 aromatic rings. The van der Waals surface area contributed by atoms with E-state index in [1.54, 1.807) is 25.1 Å². The van der Waals surface area contributed by atoms with Crippen LogP contribution in [0.3, 0.4) is 0 Å². The predicted octanol–water partition coefficient (Wildman–Crippen LogP) is 3.57. The van der Waals surface area contributed by atoms with Gasteiger partial charge in [-0.05, 0) is 25.1 Å². The zero-order valence-electron chi connectivity index (χ0n) is 15.9. The van der Waals surface area contributed by atoms with Crippen LogP contribution in [0.2, 0.25) is 0 Å². The number of benzene rings is 2. The molecule has 0 spiro atoms. The van der Waals surface area contributed by atoms with E-state index < -0.39 is 11.9 Å². The van der Waals surface area contributed by atoms with Crippen molar-refractivity contribution in [1.29, 1.82) is 0 Å². The lowest BCUT2D eigenvalue weighted by Crippen LogP contribution is -2.15. The summed E-state index contributed by atoms with van der Waals surface area (Å²) in [5.74, 6) is -0.0360. The van der Waals surface area contributed by atoms with E-state index in [9.17, 15) is 9.59 Å². The molecule has 0 atom stereocenters. The third-order valence-electron chi connectivity index (χ3n) is 4.20. The summed E-state index contributed by atoms with van der Waals surface area (Å²) in [6.45, 7) is 1.73. The summed E-state index contributed by atoms with van der Waals surface area (Å²) in [6, 6.07) is 12.7. The number of rotatable bonds is 7. The number of aromatic amines is 1. The molecule has 146 valence electrons. The predicted molar refractivity (Wildman–Crippen MR) is 104 cm³/mol. The molecule has 1 N–H and O–H groups in total. The number of hydrogen-bond acceptors (Lipinski definition) is 6. The number of carbonyl (C=O) groups excluding carboxylic acids is 2. The fraction of sp³-hybridized carbons (Fsp3) is 0.238. The number of carbonyl (C=O) groups is 2. The Morgan fingerprint density at radius 1 is 1.07 bits per heavy atom. The highest BCUT2D eigenvalue weighted by Gasteiger charge is 2.23. The Kier molecular flexibility index (Phi) is 5.84. The third-order valence-corrected chi connectivity index (χ3v) is 4.20. The van der Waals surface area contributed by atoms with Gasteiger partial charge in [-0.15, -0.1) is 0 Å². The Morgan fingerprint density at radius 2 is 1.86 bits per heavy atom. The van der Waals surface area contributed by atoms with Crippen molar-refractivity contribution in [2.45, 2.75) is 6.92 Å². The monoisotopic (exact) mass is 383 g/mol. The van der Waals surface area contributed by atoms with Crippen molar-refractivity contribution >= 4 is 22.8 Å². The van der Waals surface area contributed by atoms with Crippen LogP contribution in [0.4, 0.5) is 0 Å². The van der Waals surface area contributed by atoms with Crippen molar-refractivity contribution in [3.05, 3.63) is 48.2 Å². The second kappa shape index (κ2) is 8.47. The molecular weight excluding hydrogens is 362 g/mol. The second-order valence-corrected chi connectivity index (χ2v) is 5.87. The lowest BCUT2D eigenvalue weighted by Gasteiger charge is -2.13. The van der Waals surface area contributed by atoms with Crippen LogP contribution >= 0.6 is 0 Å². The quantitative estimate of drug-likeness (QED) is 0.628. The average Bonchev–Trinajstić information content (AvgIpc) is 3.11. The summed E-state index contributed by atoms with van der Waals surface area (Å²) in [6.07, 6.45) is 0. The standard InChI is InChI=1S/C21H21NO6/c1-4-27-18(23)12-28-17-11-13(25-2)9-10-15(17)19-14-7-5-6-8-16(14)22-20(19)21(24)26-3/h5-11,22H,4,12H2,1-3H3. The van der Waals surface area contributed by atoms with Crippen molar-refractivity contribution in [2.24, 2.45) is 0 Å². The van der Waals surface area contributed by atoms with Crippen LogP contribution in [-0.4, -0.2) is 44.4 Å². The lowest BCUT2D eigenvalue weighted by atomic mass is 10.0. The number of para-hydroxylation sites is 1. The van der Waals surface area contributed by atoms with Crippen LogP contribution in [0.1, 0.15) is 17.4 Å². The minimum Gasteiger partial charge on any atom is -0.497 e. The van der Waals surface area contributed by atoms with Crippen LogP contribution in [-0.2, 0) is 14.3 Å². The molecule has 0 radical (unpaired) electrons. The molecule has 3 rings (SSSR count). The van der Waals surface area contributed by atoms with E-state index in [0.717, 1.165) is 10.9 Å². The van der Waals surface area contributed by atoms with Gasteiger partial charge >= 0.3 is 11.9 Å². The molecule has 0 bridgehead atoms. The zero-order valence-corrected chi connectivity index (χ0v) is 15.9. The molecule has 1 heterocycles. The normalized spacial score (nSPS) is 10.5. The fourth-order valence-electron chi connectivity index (χ4n) is 2.97. The van der Waals surface area contributed by atoms with Gasteiger partial charge < -0.3 is 23.9 Å². The Morgan fingerprint density at radius 3 is 2.57 bits per heavy atom. The van der Waals surface area contributed by atoms with Crippen LogP contribution in [0.25, 0.3) is 22.0 Å². The van der Waals surface area contributed by atoms with Crippen LogP contribution in [0.15, 0.2) is 42.5 Å². The van der Waals surface area contributed by atoms with Crippen molar-refractivity contribution in [3.8, 4) is 22.6 Å². The van der Waals surface area contributed by atoms with Gasteiger partial charge in [0.25, 0.3) is 0 Å². The Labute approximate surface area is 162 Å². The molecular formula is C21H21NO6. The first-order valence-corrected chi connectivity index (χ1v) is 8.74. The first-order valence-electron chi connectivity index (χ1n) is 8.74. The molecule has 0 saturated carbocycles. The molecule has 0 saturated heterocycles. The SMILES string of the molecule is CCOC(=O)COc1cc(OC)ccc1-c1c(C(=O)OC)[nH]c2ccccc12.